The second kappa shape index (κ2) is 5.12. The Labute approximate surface area is 95.6 Å². The first-order chi connectivity index (χ1) is 7.84. The Hall–Kier alpha value is -2.09. The molecule has 0 unspecified atom stereocenters. The number of rotatable bonds is 3. The number of nitrogens with one attached hydrogen (secondary N) is 1. The van der Waals surface area contributed by atoms with Crippen LogP contribution in [0.4, 0.5) is 5.69 Å². The van der Waals surface area contributed by atoms with Crippen LogP contribution in [0.1, 0.15) is 11.1 Å². The molecular weight excluding hydrogens is 196 g/mol. The van der Waals surface area contributed by atoms with Crippen LogP contribution in [-0.4, -0.2) is 6.21 Å². The molecule has 2 rings (SSSR count). The monoisotopic (exact) mass is 210 g/mol. The minimum absolute atomic E-state index is 0.998. The van der Waals surface area contributed by atoms with Crippen molar-refractivity contribution in [2.75, 3.05) is 5.43 Å². The molecule has 1 N–H and O–H groups in total. The third-order valence-electron chi connectivity index (χ3n) is 2.26. The van der Waals surface area contributed by atoms with Crippen molar-refractivity contribution in [3.63, 3.8) is 0 Å². The van der Waals surface area contributed by atoms with Gasteiger partial charge in [-0.15, -0.1) is 0 Å². The van der Waals surface area contributed by atoms with Crippen LogP contribution in [0.3, 0.4) is 0 Å². The average molecular weight is 210 g/mol. The Bertz CT molecular complexity index is 458. The van der Waals surface area contributed by atoms with E-state index in [1.54, 1.807) is 6.21 Å². The highest BCUT2D eigenvalue weighted by Crippen LogP contribution is 2.08. The van der Waals surface area contributed by atoms with Crippen LogP contribution in [0.5, 0.6) is 0 Å². The van der Waals surface area contributed by atoms with Gasteiger partial charge in [0, 0.05) is 0 Å². The van der Waals surface area contributed by atoms with E-state index in [2.05, 4.69) is 29.6 Å². The van der Waals surface area contributed by atoms with Crippen molar-refractivity contribution >= 4 is 11.9 Å². The molecule has 2 nitrogen and oxygen atoms in total. The molecule has 2 heteroatoms. The summed E-state index contributed by atoms with van der Waals surface area (Å²) in [4.78, 5) is 0. The van der Waals surface area contributed by atoms with Gasteiger partial charge in [0.2, 0.25) is 0 Å². The van der Waals surface area contributed by atoms with Gasteiger partial charge in [0.05, 0.1) is 11.9 Å². The van der Waals surface area contributed by atoms with E-state index in [0.717, 1.165) is 11.3 Å². The summed E-state index contributed by atoms with van der Waals surface area (Å²) >= 11 is 0. The lowest BCUT2D eigenvalue weighted by molar-refractivity contribution is 1.34. The first kappa shape index (κ1) is 10.4. The Morgan fingerprint density at radius 2 is 1.62 bits per heavy atom. The number of hydrogen-bond acceptors (Lipinski definition) is 2. The number of hydrogen-bond donors (Lipinski definition) is 1. The maximum atomic E-state index is 4.17. The highest BCUT2D eigenvalue weighted by molar-refractivity contribution is 5.80. The molecule has 0 heterocycles. The van der Waals surface area contributed by atoms with Crippen LogP contribution in [0, 0.1) is 6.92 Å². The minimum Gasteiger partial charge on any atom is -0.279 e. The Morgan fingerprint density at radius 1 is 0.938 bits per heavy atom. The minimum atomic E-state index is 0.998. The summed E-state index contributed by atoms with van der Waals surface area (Å²) in [6.45, 7) is 2.07. The topological polar surface area (TPSA) is 24.4 Å². The van der Waals surface area contributed by atoms with Gasteiger partial charge in [-0.25, -0.2) is 0 Å². The van der Waals surface area contributed by atoms with E-state index >= 15 is 0 Å². The number of nitrogens with zero attached hydrogens (tertiary/aromatic N) is 1. The summed E-state index contributed by atoms with van der Waals surface area (Å²) in [5.41, 5.74) is 6.32. The van der Waals surface area contributed by atoms with E-state index in [9.17, 15) is 0 Å². The summed E-state index contributed by atoms with van der Waals surface area (Å²) in [6, 6.07) is 18.1. The molecule has 0 radical (unpaired) electrons. The molecule has 0 saturated carbocycles. The van der Waals surface area contributed by atoms with Gasteiger partial charge in [-0.1, -0.05) is 48.0 Å². The second-order valence-corrected chi connectivity index (χ2v) is 3.65. The molecular formula is C14H14N2. The average Bonchev–Trinajstić information content (AvgIpc) is 2.33. The Balaban J connectivity index is 1.97. The van der Waals surface area contributed by atoms with Crippen LogP contribution >= 0.6 is 0 Å². The van der Waals surface area contributed by atoms with Crippen LogP contribution in [0.15, 0.2) is 59.7 Å². The maximum absolute atomic E-state index is 4.17. The van der Waals surface area contributed by atoms with E-state index in [0.29, 0.717) is 0 Å². The molecule has 0 amide bonds. The number of benzene rings is 2. The summed E-state index contributed by atoms with van der Waals surface area (Å²) in [5, 5.41) is 4.17. The molecule has 80 valence electrons. The van der Waals surface area contributed by atoms with Crippen molar-refractivity contribution < 1.29 is 0 Å². The van der Waals surface area contributed by atoms with Crippen molar-refractivity contribution in [3.05, 3.63) is 65.7 Å². The van der Waals surface area contributed by atoms with E-state index in [-0.39, 0.29) is 0 Å². The molecule has 0 spiro atoms. The van der Waals surface area contributed by atoms with E-state index in [1.807, 2.05) is 42.5 Å². The molecule has 0 fully saturated rings. The predicted octanol–water partition coefficient (Wildman–Crippen LogP) is 3.44. The molecule has 0 bridgehead atoms. The smallest absolute Gasteiger partial charge is 0.0561 e. The van der Waals surface area contributed by atoms with Crippen molar-refractivity contribution in [2.45, 2.75) is 6.92 Å². The van der Waals surface area contributed by atoms with Gasteiger partial charge < -0.3 is 0 Å². The van der Waals surface area contributed by atoms with Crippen molar-refractivity contribution in [2.24, 2.45) is 5.10 Å². The molecule has 2 aromatic rings. The molecule has 0 atom stereocenters. The van der Waals surface area contributed by atoms with Crippen LogP contribution < -0.4 is 5.43 Å². The zero-order chi connectivity index (χ0) is 11.2. The quantitative estimate of drug-likeness (QED) is 0.609. The molecule has 0 aliphatic heterocycles. The highest BCUT2D eigenvalue weighted by Gasteiger charge is 1.88. The molecule has 0 aliphatic carbocycles. The number of hydrazone groups is 1. The molecule has 0 saturated heterocycles. The van der Waals surface area contributed by atoms with Gasteiger partial charge in [-0.3, -0.25) is 5.43 Å². The Kier molecular flexibility index (Phi) is 3.34. The van der Waals surface area contributed by atoms with Crippen LogP contribution in [-0.2, 0) is 0 Å². The van der Waals surface area contributed by atoms with Gasteiger partial charge >= 0.3 is 0 Å². The zero-order valence-corrected chi connectivity index (χ0v) is 9.22. The summed E-state index contributed by atoms with van der Waals surface area (Å²) in [7, 11) is 0. The fourth-order valence-electron chi connectivity index (χ4n) is 1.35. The second-order valence-electron chi connectivity index (χ2n) is 3.65. The van der Waals surface area contributed by atoms with Gasteiger partial charge in [-0.2, -0.15) is 5.10 Å². The van der Waals surface area contributed by atoms with Crippen LogP contribution in [0.25, 0.3) is 0 Å². The summed E-state index contributed by atoms with van der Waals surface area (Å²) in [6.07, 6.45) is 1.81. The van der Waals surface area contributed by atoms with Gasteiger partial charge in [-0.05, 0) is 24.6 Å². The largest absolute Gasteiger partial charge is 0.279 e. The maximum Gasteiger partial charge on any atom is 0.0561 e. The van der Waals surface area contributed by atoms with Crippen molar-refractivity contribution in [1.82, 2.24) is 0 Å². The fourth-order valence-corrected chi connectivity index (χ4v) is 1.35. The first-order valence-corrected chi connectivity index (χ1v) is 5.25. The fraction of sp³-hybridized carbons (Fsp3) is 0.0714. The predicted molar refractivity (Wildman–Crippen MR) is 68.8 cm³/mol. The third kappa shape index (κ3) is 2.95. The standard InChI is InChI=1S/C14H14N2/c1-12-7-9-14(10-8-12)16-15-11-13-5-3-2-4-6-13/h2-11,16H,1H3/b15-11-. The van der Waals surface area contributed by atoms with Gasteiger partial charge in [0.15, 0.2) is 0 Å². The van der Waals surface area contributed by atoms with Gasteiger partial charge in [0.1, 0.15) is 0 Å². The molecule has 0 aliphatic rings. The van der Waals surface area contributed by atoms with Crippen LogP contribution in [0.2, 0.25) is 0 Å². The Morgan fingerprint density at radius 3 is 2.31 bits per heavy atom. The highest BCUT2D eigenvalue weighted by atomic mass is 15.3. The zero-order valence-electron chi connectivity index (χ0n) is 9.22. The van der Waals surface area contributed by atoms with E-state index in [4.69, 9.17) is 0 Å². The van der Waals surface area contributed by atoms with Gasteiger partial charge in [0.25, 0.3) is 0 Å². The third-order valence-corrected chi connectivity index (χ3v) is 2.26. The van der Waals surface area contributed by atoms with Crippen molar-refractivity contribution in [3.8, 4) is 0 Å². The summed E-state index contributed by atoms with van der Waals surface area (Å²) < 4.78 is 0. The normalized spacial score (nSPS) is 10.6. The van der Waals surface area contributed by atoms with E-state index < -0.39 is 0 Å². The number of aryl methyl sites for hydroxylation is 1. The van der Waals surface area contributed by atoms with Crippen molar-refractivity contribution in [1.29, 1.82) is 0 Å². The molecule has 2 aromatic carbocycles. The molecule has 0 aromatic heterocycles. The first-order valence-electron chi connectivity index (χ1n) is 5.25. The lowest BCUT2D eigenvalue weighted by Gasteiger charge is -1.99. The SMILES string of the molecule is Cc1ccc(N/N=C\c2ccccc2)cc1. The van der Waals surface area contributed by atoms with E-state index in [1.165, 1.54) is 5.56 Å². The lowest BCUT2D eigenvalue weighted by atomic mass is 10.2. The lowest BCUT2D eigenvalue weighted by Crippen LogP contribution is -1.90. The number of anilines is 1. The summed E-state index contributed by atoms with van der Waals surface area (Å²) in [5.74, 6) is 0. The molecule has 16 heavy (non-hydrogen) atoms.